The fourth-order valence-corrected chi connectivity index (χ4v) is 2.50. The van der Waals surface area contributed by atoms with Crippen molar-refractivity contribution in [1.82, 2.24) is 5.01 Å². The molecule has 0 heterocycles. The van der Waals surface area contributed by atoms with Crippen molar-refractivity contribution in [1.29, 1.82) is 0 Å². The predicted molar refractivity (Wildman–Crippen MR) is 78.5 cm³/mol. The molecule has 1 fully saturated rings. The highest BCUT2D eigenvalue weighted by atomic mass is 35.5. The van der Waals surface area contributed by atoms with Crippen LogP contribution in [0.15, 0.2) is 23.9 Å². The highest BCUT2D eigenvalue weighted by Gasteiger charge is 2.30. The van der Waals surface area contributed by atoms with Crippen molar-refractivity contribution in [3.63, 3.8) is 0 Å². The third kappa shape index (κ3) is 3.15. The quantitative estimate of drug-likeness (QED) is 0.648. The Balaban J connectivity index is 2.45. The van der Waals surface area contributed by atoms with Gasteiger partial charge in [0.2, 0.25) is 0 Å². The summed E-state index contributed by atoms with van der Waals surface area (Å²) in [7, 11) is 1.60. The monoisotopic (exact) mass is 301 g/mol. The molecule has 0 aliphatic heterocycles. The molecule has 6 heteroatoms. The number of hydrogen-bond acceptors (Lipinski definition) is 4. The molecule has 0 radical (unpaired) electrons. The van der Waals surface area contributed by atoms with Crippen LogP contribution in [0.5, 0.6) is 0 Å². The van der Waals surface area contributed by atoms with Gasteiger partial charge in [-0.1, -0.05) is 29.3 Å². The lowest BCUT2D eigenvalue weighted by Gasteiger charge is -2.24. The molecule has 4 N–H and O–H groups in total. The van der Waals surface area contributed by atoms with Crippen molar-refractivity contribution >= 4 is 28.9 Å². The molecule has 0 unspecified atom stereocenters. The Hall–Kier alpha value is -0.940. The minimum atomic E-state index is 0.320. The van der Waals surface area contributed by atoms with Gasteiger partial charge in [0, 0.05) is 18.7 Å². The summed E-state index contributed by atoms with van der Waals surface area (Å²) in [5.41, 5.74) is 7.98. The zero-order valence-electron chi connectivity index (χ0n) is 10.7. The van der Waals surface area contributed by atoms with Crippen LogP contribution in [0.3, 0.4) is 0 Å². The third-order valence-electron chi connectivity index (χ3n) is 3.08. The van der Waals surface area contributed by atoms with Crippen LogP contribution >= 0.6 is 23.2 Å². The van der Waals surface area contributed by atoms with E-state index in [9.17, 15) is 0 Å². The summed E-state index contributed by atoms with van der Waals surface area (Å²) in [4.78, 5) is 0. The first kappa shape index (κ1) is 14.5. The maximum atomic E-state index is 6.20. The molecule has 1 aromatic rings. The topological polar surface area (TPSA) is 64.5 Å². The van der Waals surface area contributed by atoms with Gasteiger partial charge in [0.1, 0.15) is 0 Å². The molecule has 1 aliphatic carbocycles. The van der Waals surface area contributed by atoms with Gasteiger partial charge in [-0.2, -0.15) is 0 Å². The van der Waals surface area contributed by atoms with Crippen LogP contribution in [0.4, 0.5) is 0 Å². The molecule has 4 nitrogen and oxygen atoms in total. The van der Waals surface area contributed by atoms with Crippen molar-refractivity contribution in [3.05, 3.63) is 39.5 Å². The van der Waals surface area contributed by atoms with Crippen molar-refractivity contribution in [2.75, 3.05) is 13.7 Å². The Bertz CT molecular complexity index is 480. The number of benzene rings is 1. The average Bonchev–Trinajstić information content (AvgIpc) is 3.19. The number of halogens is 2. The van der Waals surface area contributed by atoms with E-state index in [-0.39, 0.29) is 0 Å². The molecule has 2 rings (SSSR count). The van der Waals surface area contributed by atoms with E-state index < -0.39 is 0 Å². The molecule has 0 bridgehead atoms. The van der Waals surface area contributed by atoms with Gasteiger partial charge in [-0.15, -0.1) is 0 Å². The SMILES string of the molecule is COC/C(=C(/N)c1c(Cl)cccc1Cl)N(N)C1CC1. The molecule has 0 spiro atoms. The van der Waals surface area contributed by atoms with E-state index >= 15 is 0 Å². The number of nitrogens with two attached hydrogens (primary N) is 2. The van der Waals surface area contributed by atoms with Crippen LogP contribution in [-0.2, 0) is 4.74 Å². The van der Waals surface area contributed by atoms with Gasteiger partial charge in [-0.05, 0) is 25.0 Å². The first-order valence-corrected chi connectivity index (χ1v) is 6.77. The Morgan fingerprint density at radius 1 is 1.37 bits per heavy atom. The molecular weight excluding hydrogens is 285 g/mol. The summed E-state index contributed by atoms with van der Waals surface area (Å²) in [5, 5.41) is 2.67. The third-order valence-corrected chi connectivity index (χ3v) is 3.71. The summed E-state index contributed by atoms with van der Waals surface area (Å²) in [6.45, 7) is 0.320. The van der Waals surface area contributed by atoms with Gasteiger partial charge in [0.25, 0.3) is 0 Å². The Labute approximate surface area is 122 Å². The predicted octanol–water partition coefficient (Wildman–Crippen LogP) is 2.61. The Morgan fingerprint density at radius 2 is 1.95 bits per heavy atom. The number of rotatable bonds is 5. The summed E-state index contributed by atoms with van der Waals surface area (Å²) >= 11 is 12.3. The Kier molecular flexibility index (Phi) is 4.58. The van der Waals surface area contributed by atoms with Gasteiger partial charge >= 0.3 is 0 Å². The first-order valence-electron chi connectivity index (χ1n) is 6.02. The normalized spacial score (nSPS) is 16.2. The van der Waals surface area contributed by atoms with Gasteiger partial charge in [0.05, 0.1) is 28.0 Å². The molecule has 0 amide bonds. The number of hydrogen-bond donors (Lipinski definition) is 2. The standard InChI is InChI=1S/C13H17Cl2N3O/c1-19-7-11(18(17)8-5-6-8)13(16)12-9(14)3-2-4-10(12)15/h2-4,8H,5-7,16-17H2,1H3/b13-11-. The molecule has 19 heavy (non-hydrogen) atoms. The first-order chi connectivity index (χ1) is 9.06. The summed E-state index contributed by atoms with van der Waals surface area (Å²) in [6.07, 6.45) is 2.13. The number of nitrogens with zero attached hydrogens (tertiary/aromatic N) is 1. The van der Waals surface area contributed by atoms with Crippen LogP contribution in [0.1, 0.15) is 18.4 Å². The summed E-state index contributed by atoms with van der Waals surface area (Å²) in [5.74, 6) is 6.08. The maximum Gasteiger partial charge on any atom is 0.0896 e. The van der Waals surface area contributed by atoms with Crippen LogP contribution < -0.4 is 11.6 Å². The molecule has 0 atom stereocenters. The highest BCUT2D eigenvalue weighted by molar-refractivity contribution is 6.37. The van der Waals surface area contributed by atoms with Crippen LogP contribution in [0, 0.1) is 0 Å². The van der Waals surface area contributed by atoms with Gasteiger partial charge < -0.3 is 15.5 Å². The Morgan fingerprint density at radius 3 is 2.42 bits per heavy atom. The van der Waals surface area contributed by atoms with E-state index in [1.165, 1.54) is 0 Å². The van der Waals surface area contributed by atoms with Crippen molar-refractivity contribution < 1.29 is 4.74 Å². The van der Waals surface area contributed by atoms with E-state index in [2.05, 4.69) is 0 Å². The minimum absolute atomic E-state index is 0.320. The van der Waals surface area contributed by atoms with E-state index in [1.54, 1.807) is 30.3 Å². The lowest BCUT2D eigenvalue weighted by molar-refractivity contribution is 0.186. The number of hydrazine groups is 1. The number of ether oxygens (including phenoxy) is 1. The van der Waals surface area contributed by atoms with Crippen LogP contribution in [-0.4, -0.2) is 24.8 Å². The second-order valence-electron chi connectivity index (χ2n) is 4.53. The zero-order chi connectivity index (χ0) is 14.0. The minimum Gasteiger partial charge on any atom is -0.397 e. The molecule has 104 valence electrons. The van der Waals surface area contributed by atoms with Crippen molar-refractivity contribution in [2.45, 2.75) is 18.9 Å². The van der Waals surface area contributed by atoms with E-state index in [0.717, 1.165) is 12.8 Å². The van der Waals surface area contributed by atoms with Gasteiger partial charge in [0.15, 0.2) is 0 Å². The number of methoxy groups -OCH3 is 1. The van der Waals surface area contributed by atoms with Crippen molar-refractivity contribution in [2.24, 2.45) is 11.6 Å². The van der Waals surface area contributed by atoms with Crippen LogP contribution in [0.2, 0.25) is 10.0 Å². The van der Waals surface area contributed by atoms with Crippen LogP contribution in [0.25, 0.3) is 5.70 Å². The van der Waals surface area contributed by atoms with E-state index in [0.29, 0.717) is 39.7 Å². The van der Waals surface area contributed by atoms with E-state index in [4.69, 9.17) is 39.5 Å². The highest BCUT2D eigenvalue weighted by Crippen LogP contribution is 2.33. The molecule has 1 saturated carbocycles. The molecule has 0 saturated heterocycles. The second-order valence-corrected chi connectivity index (χ2v) is 5.34. The largest absolute Gasteiger partial charge is 0.397 e. The smallest absolute Gasteiger partial charge is 0.0896 e. The zero-order valence-corrected chi connectivity index (χ0v) is 12.2. The van der Waals surface area contributed by atoms with Gasteiger partial charge in [-0.3, -0.25) is 0 Å². The molecule has 1 aromatic carbocycles. The molecule has 0 aromatic heterocycles. The van der Waals surface area contributed by atoms with Crippen molar-refractivity contribution in [3.8, 4) is 0 Å². The lowest BCUT2D eigenvalue weighted by Crippen LogP contribution is -2.36. The summed E-state index contributed by atoms with van der Waals surface area (Å²) in [6, 6.07) is 5.60. The maximum absolute atomic E-state index is 6.20. The fraction of sp³-hybridized carbons (Fsp3) is 0.385. The van der Waals surface area contributed by atoms with E-state index in [1.807, 2.05) is 0 Å². The van der Waals surface area contributed by atoms with Gasteiger partial charge in [-0.25, -0.2) is 5.84 Å². The average molecular weight is 302 g/mol. The lowest BCUT2D eigenvalue weighted by atomic mass is 10.1. The summed E-state index contributed by atoms with van der Waals surface area (Å²) < 4.78 is 5.18. The molecule has 1 aliphatic rings. The second kappa shape index (κ2) is 6.01. The fourth-order valence-electron chi connectivity index (χ4n) is 1.90. The molecular formula is C13H17Cl2N3O.